The summed E-state index contributed by atoms with van der Waals surface area (Å²) in [4.78, 5) is 4.93. The molecular weight excluding hydrogens is 356 g/mol. The molecule has 0 amide bonds. The van der Waals surface area contributed by atoms with E-state index in [-0.39, 0.29) is 5.54 Å². The lowest BCUT2D eigenvalue weighted by Gasteiger charge is -2.22. The van der Waals surface area contributed by atoms with E-state index < -0.39 is 0 Å². The zero-order valence-corrected chi connectivity index (χ0v) is 16.6. The summed E-state index contributed by atoms with van der Waals surface area (Å²) < 4.78 is 2.03. The first-order valence-corrected chi connectivity index (χ1v) is 9.46. The summed E-state index contributed by atoms with van der Waals surface area (Å²) in [6, 6.07) is 24.2. The molecule has 0 unspecified atom stereocenters. The molecule has 0 aliphatic rings. The Bertz CT molecular complexity index is 1280. The van der Waals surface area contributed by atoms with Crippen LogP contribution in [0.4, 0.5) is 0 Å². The SMILES string of the molecule is CC(C)(C)n1cc(C#N)c2c(-c3ccccc3)c(C#N)c(-c3ccccc3)nc21. The molecular formula is C25H20N4. The summed E-state index contributed by atoms with van der Waals surface area (Å²) in [6.45, 7) is 6.24. The van der Waals surface area contributed by atoms with Crippen molar-refractivity contribution in [3.05, 3.63) is 78.0 Å². The highest BCUT2D eigenvalue weighted by molar-refractivity contribution is 6.03. The van der Waals surface area contributed by atoms with Gasteiger partial charge in [0.15, 0.2) is 0 Å². The molecule has 4 nitrogen and oxygen atoms in total. The number of nitrogens with zero attached hydrogens (tertiary/aromatic N) is 4. The number of benzene rings is 2. The van der Waals surface area contributed by atoms with Gasteiger partial charge in [-0.3, -0.25) is 0 Å². The predicted octanol–water partition coefficient (Wildman–Crippen LogP) is 5.87. The first kappa shape index (κ1) is 18.5. The minimum Gasteiger partial charge on any atom is -0.326 e. The first-order valence-electron chi connectivity index (χ1n) is 9.46. The maximum atomic E-state index is 10.1. The minimum atomic E-state index is -0.267. The molecule has 4 rings (SSSR count). The molecule has 2 aromatic heterocycles. The number of rotatable bonds is 2. The van der Waals surface area contributed by atoms with E-state index in [9.17, 15) is 10.5 Å². The van der Waals surface area contributed by atoms with Gasteiger partial charge in [-0.1, -0.05) is 60.7 Å². The lowest BCUT2D eigenvalue weighted by atomic mass is 9.93. The Hall–Kier alpha value is -3.89. The summed E-state index contributed by atoms with van der Waals surface area (Å²) in [5.41, 5.74) is 4.63. The molecule has 0 bridgehead atoms. The molecule has 0 spiro atoms. The zero-order valence-electron chi connectivity index (χ0n) is 16.6. The van der Waals surface area contributed by atoms with Crippen LogP contribution in [-0.4, -0.2) is 9.55 Å². The highest BCUT2D eigenvalue weighted by Crippen LogP contribution is 2.40. The largest absolute Gasteiger partial charge is 0.326 e. The van der Waals surface area contributed by atoms with Gasteiger partial charge in [0.2, 0.25) is 0 Å². The van der Waals surface area contributed by atoms with Crippen molar-refractivity contribution in [2.75, 3.05) is 0 Å². The Kier molecular flexibility index (Phi) is 4.41. The van der Waals surface area contributed by atoms with Crippen LogP contribution in [0.15, 0.2) is 66.9 Å². The summed E-state index contributed by atoms with van der Waals surface area (Å²) >= 11 is 0. The number of hydrogen-bond acceptors (Lipinski definition) is 3. The topological polar surface area (TPSA) is 65.4 Å². The average Bonchev–Trinajstić information content (AvgIpc) is 3.12. The maximum absolute atomic E-state index is 10.1. The number of hydrogen-bond donors (Lipinski definition) is 0. The van der Waals surface area contributed by atoms with Crippen LogP contribution < -0.4 is 0 Å². The highest BCUT2D eigenvalue weighted by Gasteiger charge is 2.26. The Morgan fingerprint density at radius 3 is 1.93 bits per heavy atom. The van der Waals surface area contributed by atoms with Gasteiger partial charge in [-0.05, 0) is 26.3 Å². The second-order valence-electron chi connectivity index (χ2n) is 7.95. The van der Waals surface area contributed by atoms with E-state index in [4.69, 9.17) is 4.98 Å². The quantitative estimate of drug-likeness (QED) is 0.439. The Morgan fingerprint density at radius 2 is 1.41 bits per heavy atom. The van der Waals surface area contributed by atoms with Crippen molar-refractivity contribution in [3.63, 3.8) is 0 Å². The summed E-state index contributed by atoms with van der Waals surface area (Å²) in [5.74, 6) is 0. The smallest absolute Gasteiger partial charge is 0.143 e. The molecule has 0 aliphatic carbocycles. The number of fused-ring (bicyclic) bond motifs is 1. The van der Waals surface area contributed by atoms with Crippen LogP contribution in [0.3, 0.4) is 0 Å². The van der Waals surface area contributed by atoms with Crippen molar-refractivity contribution < 1.29 is 0 Å². The van der Waals surface area contributed by atoms with Crippen molar-refractivity contribution in [1.29, 1.82) is 10.5 Å². The first-order chi connectivity index (χ1) is 14.0. The lowest BCUT2D eigenvalue weighted by molar-refractivity contribution is 0.408. The maximum Gasteiger partial charge on any atom is 0.143 e. The van der Waals surface area contributed by atoms with Crippen molar-refractivity contribution in [3.8, 4) is 34.5 Å². The van der Waals surface area contributed by atoms with E-state index >= 15 is 0 Å². The number of pyridine rings is 1. The van der Waals surface area contributed by atoms with Crippen LogP contribution in [0.25, 0.3) is 33.4 Å². The second kappa shape index (κ2) is 6.93. The van der Waals surface area contributed by atoms with E-state index in [0.717, 1.165) is 22.1 Å². The molecule has 29 heavy (non-hydrogen) atoms. The van der Waals surface area contributed by atoms with E-state index in [1.807, 2.05) is 71.4 Å². The fourth-order valence-corrected chi connectivity index (χ4v) is 3.66. The van der Waals surface area contributed by atoms with Gasteiger partial charge in [0, 0.05) is 28.2 Å². The van der Waals surface area contributed by atoms with Crippen LogP contribution in [0.1, 0.15) is 31.9 Å². The molecule has 0 N–H and O–H groups in total. The average molecular weight is 376 g/mol. The van der Waals surface area contributed by atoms with E-state index in [2.05, 4.69) is 32.9 Å². The number of aromatic nitrogens is 2. The van der Waals surface area contributed by atoms with Gasteiger partial charge >= 0.3 is 0 Å². The van der Waals surface area contributed by atoms with Crippen LogP contribution in [0.5, 0.6) is 0 Å². The highest BCUT2D eigenvalue weighted by atomic mass is 15.1. The van der Waals surface area contributed by atoms with E-state index in [1.54, 1.807) is 0 Å². The molecule has 4 aromatic rings. The molecule has 0 aliphatic heterocycles. The molecule has 0 fully saturated rings. The third-order valence-corrected chi connectivity index (χ3v) is 5.00. The molecule has 0 saturated carbocycles. The Morgan fingerprint density at radius 1 is 0.828 bits per heavy atom. The van der Waals surface area contributed by atoms with Crippen LogP contribution in [0, 0.1) is 22.7 Å². The van der Waals surface area contributed by atoms with Crippen molar-refractivity contribution in [2.45, 2.75) is 26.3 Å². The van der Waals surface area contributed by atoms with Gasteiger partial charge in [0.1, 0.15) is 17.8 Å². The predicted molar refractivity (Wildman–Crippen MR) is 115 cm³/mol. The van der Waals surface area contributed by atoms with E-state index in [1.165, 1.54) is 0 Å². The van der Waals surface area contributed by atoms with Crippen LogP contribution in [0.2, 0.25) is 0 Å². The fourth-order valence-electron chi connectivity index (χ4n) is 3.66. The molecule has 0 atom stereocenters. The van der Waals surface area contributed by atoms with Crippen molar-refractivity contribution in [1.82, 2.24) is 9.55 Å². The minimum absolute atomic E-state index is 0.267. The van der Waals surface area contributed by atoms with Gasteiger partial charge < -0.3 is 4.57 Å². The van der Waals surface area contributed by atoms with Gasteiger partial charge in [0.25, 0.3) is 0 Å². The van der Waals surface area contributed by atoms with Gasteiger partial charge in [-0.15, -0.1) is 0 Å². The lowest BCUT2D eigenvalue weighted by Crippen LogP contribution is -2.21. The normalized spacial score (nSPS) is 11.2. The van der Waals surface area contributed by atoms with Gasteiger partial charge in [0.05, 0.1) is 16.8 Å². The van der Waals surface area contributed by atoms with Crippen LogP contribution in [-0.2, 0) is 5.54 Å². The van der Waals surface area contributed by atoms with E-state index in [0.29, 0.717) is 22.5 Å². The fraction of sp³-hybridized carbons (Fsp3) is 0.160. The standard InChI is InChI=1S/C25H20N4/c1-25(2,3)29-16-19(14-26)22-21(17-10-6-4-7-11-17)20(15-27)23(28-24(22)29)18-12-8-5-9-13-18/h4-13,16H,1-3H3. The third kappa shape index (κ3) is 3.06. The monoisotopic (exact) mass is 376 g/mol. The third-order valence-electron chi connectivity index (χ3n) is 5.00. The molecule has 4 heteroatoms. The van der Waals surface area contributed by atoms with Crippen molar-refractivity contribution in [2.24, 2.45) is 0 Å². The Labute approximate surface area is 170 Å². The second-order valence-corrected chi connectivity index (χ2v) is 7.95. The van der Waals surface area contributed by atoms with Gasteiger partial charge in [-0.25, -0.2) is 4.98 Å². The summed E-state index contributed by atoms with van der Waals surface area (Å²) in [7, 11) is 0. The molecule has 140 valence electrons. The molecule has 2 aromatic carbocycles. The summed E-state index contributed by atoms with van der Waals surface area (Å²) in [5, 5.41) is 20.7. The van der Waals surface area contributed by atoms with Gasteiger partial charge in [-0.2, -0.15) is 10.5 Å². The molecule has 0 saturated heterocycles. The van der Waals surface area contributed by atoms with Crippen molar-refractivity contribution >= 4 is 11.0 Å². The molecule has 2 heterocycles. The van der Waals surface area contributed by atoms with Crippen LogP contribution >= 0.6 is 0 Å². The zero-order chi connectivity index (χ0) is 20.6. The summed E-state index contributed by atoms with van der Waals surface area (Å²) in [6.07, 6.45) is 1.85. The number of nitriles is 2. The Balaban J connectivity index is 2.25. The molecule has 0 radical (unpaired) electrons.